The van der Waals surface area contributed by atoms with Crippen LogP contribution in [0, 0.1) is 0 Å². The number of alkyl carbamates (subject to hydrolysis) is 1. The number of hydrogen-bond donors (Lipinski definition) is 2. The summed E-state index contributed by atoms with van der Waals surface area (Å²) < 4.78 is 47.2. The van der Waals surface area contributed by atoms with Crippen LogP contribution >= 0.6 is 23.4 Å². The summed E-state index contributed by atoms with van der Waals surface area (Å²) in [5.74, 6) is -0.529. The number of halogens is 4. The third-order valence-electron chi connectivity index (χ3n) is 6.57. The monoisotopic (exact) mass is 605 g/mol. The van der Waals surface area contributed by atoms with Crippen LogP contribution in [-0.2, 0) is 22.1 Å². The van der Waals surface area contributed by atoms with Crippen molar-refractivity contribution in [1.29, 1.82) is 0 Å². The minimum atomic E-state index is -4.63. The lowest BCUT2D eigenvalue weighted by Gasteiger charge is -2.22. The molecule has 2 amide bonds. The number of rotatable bonds is 4. The van der Waals surface area contributed by atoms with Crippen molar-refractivity contribution in [2.24, 2.45) is 4.99 Å². The van der Waals surface area contributed by atoms with Crippen LogP contribution in [0.3, 0.4) is 0 Å². The smallest absolute Gasteiger partial charge is 0.416 e. The van der Waals surface area contributed by atoms with Crippen LogP contribution in [0.5, 0.6) is 0 Å². The molecule has 0 bridgehead atoms. The molecule has 3 heterocycles. The van der Waals surface area contributed by atoms with Gasteiger partial charge in [0.05, 0.1) is 28.2 Å². The van der Waals surface area contributed by atoms with Crippen LogP contribution in [0.25, 0.3) is 16.5 Å². The normalized spacial score (nSPS) is 19.1. The number of carbonyl (C=O) groups excluding carboxylic acids is 2. The van der Waals surface area contributed by atoms with Crippen LogP contribution in [0.2, 0.25) is 5.02 Å². The van der Waals surface area contributed by atoms with Crippen LogP contribution in [0.1, 0.15) is 43.9 Å². The SMILES string of the molecule is CC(C)(C)OC(=O)NC1CCN(C2=NC(=O)C(=C(Cc3ccc(Cl)cc3C(F)(F)F)c3ccc4[nH]ncc4c3)S2)C1. The van der Waals surface area contributed by atoms with Gasteiger partial charge < -0.3 is 15.0 Å². The van der Waals surface area contributed by atoms with E-state index in [4.69, 9.17) is 16.3 Å². The first-order valence-electron chi connectivity index (χ1n) is 12.8. The zero-order chi connectivity index (χ0) is 29.5. The van der Waals surface area contributed by atoms with Crippen LogP contribution in [0.15, 0.2) is 52.5 Å². The zero-order valence-corrected chi connectivity index (χ0v) is 24.0. The largest absolute Gasteiger partial charge is 0.444 e. The van der Waals surface area contributed by atoms with Crippen molar-refractivity contribution in [3.8, 4) is 0 Å². The van der Waals surface area contributed by atoms with Gasteiger partial charge in [-0.25, -0.2) is 4.79 Å². The molecule has 2 N–H and O–H groups in total. The molecule has 216 valence electrons. The molecule has 1 fully saturated rings. The van der Waals surface area contributed by atoms with Gasteiger partial charge in [0.15, 0.2) is 5.17 Å². The van der Waals surface area contributed by atoms with Gasteiger partial charge >= 0.3 is 12.3 Å². The second kappa shape index (κ2) is 11.1. The molecule has 0 saturated carbocycles. The maximum absolute atomic E-state index is 14.0. The number of likely N-dealkylation sites (tertiary alicyclic amines) is 1. The molecule has 2 aliphatic heterocycles. The van der Waals surface area contributed by atoms with Crippen molar-refractivity contribution in [2.45, 2.75) is 51.4 Å². The first kappa shape index (κ1) is 29.0. The highest BCUT2D eigenvalue weighted by Crippen LogP contribution is 2.41. The molecule has 1 saturated heterocycles. The number of alkyl halides is 3. The number of aromatic nitrogens is 2. The van der Waals surface area contributed by atoms with Crippen molar-refractivity contribution in [2.75, 3.05) is 13.1 Å². The highest BCUT2D eigenvalue weighted by molar-refractivity contribution is 8.18. The number of aromatic amines is 1. The molecule has 1 aromatic heterocycles. The van der Waals surface area contributed by atoms with Crippen molar-refractivity contribution in [3.05, 3.63) is 69.2 Å². The Morgan fingerprint density at radius 1 is 1.22 bits per heavy atom. The summed E-state index contributed by atoms with van der Waals surface area (Å²) in [7, 11) is 0. The Labute approximate surface area is 243 Å². The highest BCUT2D eigenvalue weighted by Gasteiger charge is 2.37. The van der Waals surface area contributed by atoms with Gasteiger partial charge in [-0.3, -0.25) is 9.89 Å². The minimum Gasteiger partial charge on any atom is -0.444 e. The summed E-state index contributed by atoms with van der Waals surface area (Å²) in [5, 5.41) is 10.9. The lowest BCUT2D eigenvalue weighted by molar-refractivity contribution is -0.138. The molecular weight excluding hydrogens is 579 g/mol. The summed E-state index contributed by atoms with van der Waals surface area (Å²) in [5.41, 5.74) is 0.244. The average molecular weight is 606 g/mol. The molecule has 1 unspecified atom stereocenters. The Bertz CT molecular complexity index is 1580. The van der Waals surface area contributed by atoms with Gasteiger partial charge in [0, 0.05) is 23.5 Å². The third kappa shape index (κ3) is 6.70. The second-order valence-electron chi connectivity index (χ2n) is 10.8. The van der Waals surface area contributed by atoms with Crippen LogP contribution in [0.4, 0.5) is 18.0 Å². The Balaban J connectivity index is 1.45. The first-order valence-corrected chi connectivity index (χ1v) is 14.0. The van der Waals surface area contributed by atoms with Gasteiger partial charge in [-0.05, 0) is 86.3 Å². The number of nitrogens with zero attached hydrogens (tertiary/aromatic N) is 3. The molecule has 41 heavy (non-hydrogen) atoms. The van der Waals surface area contributed by atoms with Crippen molar-refractivity contribution in [3.63, 3.8) is 0 Å². The summed E-state index contributed by atoms with van der Waals surface area (Å²) in [4.78, 5) is 31.9. The molecule has 8 nitrogen and oxygen atoms in total. The van der Waals surface area contributed by atoms with E-state index in [-0.39, 0.29) is 28.0 Å². The van der Waals surface area contributed by atoms with Gasteiger partial charge in [-0.1, -0.05) is 23.7 Å². The highest BCUT2D eigenvalue weighted by atomic mass is 35.5. The fraction of sp³-hybridized carbons (Fsp3) is 0.357. The maximum atomic E-state index is 14.0. The zero-order valence-electron chi connectivity index (χ0n) is 22.4. The Morgan fingerprint density at radius 2 is 2.00 bits per heavy atom. The topological polar surface area (TPSA) is 99.7 Å². The standard InChI is InChI=1S/C28H27ClF3N5O3S/c1-27(2,3)40-26(39)34-19-8-9-37(14-19)25-35-24(38)23(41-25)20(15-5-7-22-17(10-15)13-33-36-22)11-16-4-6-18(29)12-21(16)28(30,31)32/h4-7,10,12-13,19H,8-9,11,14H2,1-3H3,(H,33,36)(H,34,39). The number of aliphatic imine (C=N–C) groups is 1. The van der Waals surface area contributed by atoms with Crippen LogP contribution < -0.4 is 5.32 Å². The lowest BCUT2D eigenvalue weighted by Crippen LogP contribution is -2.40. The number of nitrogens with one attached hydrogen (secondary N) is 2. The number of hydrogen-bond acceptors (Lipinski definition) is 6. The van der Waals surface area contributed by atoms with E-state index in [1.807, 2.05) is 4.90 Å². The van der Waals surface area contributed by atoms with Gasteiger partial charge in [0.2, 0.25) is 0 Å². The van der Waals surface area contributed by atoms with E-state index < -0.39 is 29.3 Å². The first-order chi connectivity index (χ1) is 19.3. The van der Waals surface area contributed by atoms with Crippen molar-refractivity contribution >= 4 is 57.0 Å². The molecule has 1 atom stereocenters. The number of carbonyl (C=O) groups is 2. The van der Waals surface area contributed by atoms with E-state index in [9.17, 15) is 22.8 Å². The number of amidine groups is 1. The van der Waals surface area contributed by atoms with E-state index in [0.717, 1.165) is 28.7 Å². The summed E-state index contributed by atoms with van der Waals surface area (Å²) in [6.07, 6.45) is -3.10. The van der Waals surface area contributed by atoms with E-state index >= 15 is 0 Å². The fourth-order valence-electron chi connectivity index (χ4n) is 4.75. The quantitative estimate of drug-likeness (QED) is 0.333. The van der Waals surface area contributed by atoms with Crippen molar-refractivity contribution < 1.29 is 27.5 Å². The van der Waals surface area contributed by atoms with Gasteiger partial charge in [-0.2, -0.15) is 23.3 Å². The number of fused-ring (bicyclic) bond motifs is 1. The number of amides is 2. The number of H-pyrrole nitrogens is 1. The lowest BCUT2D eigenvalue weighted by atomic mass is 9.93. The maximum Gasteiger partial charge on any atom is 0.416 e. The Kier molecular flexibility index (Phi) is 7.82. The molecule has 0 spiro atoms. The summed E-state index contributed by atoms with van der Waals surface area (Å²) in [6, 6.07) is 8.72. The summed E-state index contributed by atoms with van der Waals surface area (Å²) in [6.45, 7) is 6.29. The molecule has 2 aliphatic rings. The average Bonchev–Trinajstić information content (AvgIpc) is 3.61. The number of thioether (sulfide) groups is 1. The van der Waals surface area contributed by atoms with E-state index in [0.29, 0.717) is 35.8 Å². The molecule has 5 rings (SSSR count). The third-order valence-corrected chi connectivity index (χ3v) is 7.96. The number of allylic oxidation sites excluding steroid dienone is 1. The number of benzene rings is 2. The predicted molar refractivity (Wildman–Crippen MR) is 153 cm³/mol. The Hall–Kier alpha value is -3.51. The molecule has 0 aliphatic carbocycles. The van der Waals surface area contributed by atoms with Gasteiger partial charge in [-0.15, -0.1) is 0 Å². The predicted octanol–water partition coefficient (Wildman–Crippen LogP) is 6.42. The van der Waals surface area contributed by atoms with Crippen LogP contribution in [-0.4, -0.2) is 57.0 Å². The van der Waals surface area contributed by atoms with Crippen molar-refractivity contribution in [1.82, 2.24) is 20.4 Å². The molecule has 0 radical (unpaired) electrons. The molecule has 3 aromatic rings. The van der Waals surface area contributed by atoms with E-state index in [1.54, 1.807) is 45.2 Å². The molecular formula is C28H27ClF3N5O3S. The van der Waals surface area contributed by atoms with Gasteiger partial charge in [0.1, 0.15) is 5.60 Å². The van der Waals surface area contributed by atoms with E-state index in [2.05, 4.69) is 20.5 Å². The van der Waals surface area contributed by atoms with Gasteiger partial charge in [0.25, 0.3) is 5.91 Å². The van der Waals surface area contributed by atoms with E-state index in [1.165, 1.54) is 12.1 Å². The number of ether oxygens (including phenoxy) is 1. The molecule has 2 aromatic carbocycles. The fourth-order valence-corrected chi connectivity index (χ4v) is 5.97. The minimum absolute atomic E-state index is 0.0127. The summed E-state index contributed by atoms with van der Waals surface area (Å²) >= 11 is 7.03. The molecule has 13 heteroatoms. The Morgan fingerprint density at radius 3 is 2.73 bits per heavy atom. The second-order valence-corrected chi connectivity index (χ2v) is 12.2.